The number of amides is 1. The van der Waals surface area contributed by atoms with Gasteiger partial charge < -0.3 is 5.32 Å². The Morgan fingerprint density at radius 3 is 2.80 bits per heavy atom. The van der Waals surface area contributed by atoms with E-state index in [1.165, 1.54) is 12.8 Å². The third-order valence-electron chi connectivity index (χ3n) is 3.66. The zero-order chi connectivity index (χ0) is 14.5. The molecule has 110 valence electrons. The Kier molecular flexibility index (Phi) is 5.61. The lowest BCUT2D eigenvalue weighted by Gasteiger charge is -2.16. The number of benzene rings is 1. The predicted octanol–water partition coefficient (Wildman–Crippen LogP) is 3.04. The summed E-state index contributed by atoms with van der Waals surface area (Å²) in [5.41, 5.74) is 0.899. The second kappa shape index (κ2) is 7.23. The molecule has 0 unspecified atom stereocenters. The fourth-order valence-electron chi connectivity index (χ4n) is 2.42. The Hall–Kier alpha value is -0.870. The Morgan fingerprint density at radius 2 is 2.15 bits per heavy atom. The van der Waals surface area contributed by atoms with Gasteiger partial charge in [0.1, 0.15) is 5.25 Å². The van der Waals surface area contributed by atoms with Gasteiger partial charge in [-0.05, 0) is 37.5 Å². The Balaban J connectivity index is 1.89. The summed E-state index contributed by atoms with van der Waals surface area (Å²) in [6, 6.07) is 7.56. The van der Waals surface area contributed by atoms with Crippen LogP contribution in [0.1, 0.15) is 38.2 Å². The summed E-state index contributed by atoms with van der Waals surface area (Å²) >= 11 is 5.91. The van der Waals surface area contributed by atoms with E-state index in [1.807, 2.05) is 12.1 Å². The van der Waals surface area contributed by atoms with Gasteiger partial charge in [0, 0.05) is 27.6 Å². The van der Waals surface area contributed by atoms with Gasteiger partial charge in [-0.25, -0.2) is 0 Å². The summed E-state index contributed by atoms with van der Waals surface area (Å²) in [5, 5.41) is 3.13. The molecule has 0 bridgehead atoms. The molecule has 0 radical (unpaired) electrons. The van der Waals surface area contributed by atoms with Gasteiger partial charge in [0.2, 0.25) is 5.91 Å². The largest absolute Gasteiger partial charge is 0.352 e. The minimum Gasteiger partial charge on any atom is -0.352 e. The fraction of sp³-hybridized carbons (Fsp3) is 0.533. The van der Waals surface area contributed by atoms with Crippen LogP contribution in [0.2, 0.25) is 5.02 Å². The van der Waals surface area contributed by atoms with E-state index in [4.69, 9.17) is 11.6 Å². The standard InChI is InChI=1S/C15H20ClNO2S/c1-11(15(18)17-14-7-2-3-8-14)20(19)10-12-5-4-6-13(16)9-12/h4-6,9,11,14H,2-3,7-8,10H2,1H3,(H,17,18)/t11-,20+/m0/s1. The van der Waals surface area contributed by atoms with Gasteiger partial charge >= 0.3 is 0 Å². The van der Waals surface area contributed by atoms with E-state index in [-0.39, 0.29) is 11.9 Å². The first kappa shape index (κ1) is 15.5. The molecule has 2 rings (SSSR count). The van der Waals surface area contributed by atoms with Crippen LogP contribution >= 0.6 is 11.6 Å². The molecule has 1 aromatic carbocycles. The second-order valence-electron chi connectivity index (χ2n) is 5.29. The number of hydrogen-bond acceptors (Lipinski definition) is 2. The summed E-state index contributed by atoms with van der Waals surface area (Å²) in [7, 11) is -1.22. The Bertz CT molecular complexity index is 500. The zero-order valence-corrected chi connectivity index (χ0v) is 13.2. The van der Waals surface area contributed by atoms with Crippen molar-refractivity contribution in [2.75, 3.05) is 0 Å². The lowest BCUT2D eigenvalue weighted by Crippen LogP contribution is -2.40. The van der Waals surface area contributed by atoms with Crippen molar-refractivity contribution < 1.29 is 9.00 Å². The molecule has 3 nitrogen and oxygen atoms in total. The highest BCUT2D eigenvalue weighted by molar-refractivity contribution is 7.85. The maximum absolute atomic E-state index is 12.2. The number of halogens is 1. The number of nitrogens with one attached hydrogen (secondary N) is 1. The first-order chi connectivity index (χ1) is 9.56. The third-order valence-corrected chi connectivity index (χ3v) is 5.52. The fourth-order valence-corrected chi connectivity index (χ4v) is 3.70. The van der Waals surface area contributed by atoms with Gasteiger partial charge in [0.05, 0.1) is 0 Å². The van der Waals surface area contributed by atoms with Gasteiger partial charge in [0.15, 0.2) is 0 Å². The van der Waals surface area contributed by atoms with Crippen molar-refractivity contribution in [3.05, 3.63) is 34.9 Å². The molecule has 0 aromatic heterocycles. The van der Waals surface area contributed by atoms with Crippen LogP contribution in [0.15, 0.2) is 24.3 Å². The van der Waals surface area contributed by atoms with Gasteiger partial charge in [-0.15, -0.1) is 0 Å². The van der Waals surface area contributed by atoms with E-state index in [2.05, 4.69) is 5.32 Å². The number of carbonyl (C=O) groups is 1. The van der Waals surface area contributed by atoms with Crippen LogP contribution in [-0.4, -0.2) is 21.4 Å². The minimum absolute atomic E-state index is 0.0998. The van der Waals surface area contributed by atoms with Crippen LogP contribution in [0, 0.1) is 0 Å². The molecule has 1 aliphatic carbocycles. The average Bonchev–Trinajstić information content (AvgIpc) is 2.90. The van der Waals surface area contributed by atoms with Crippen molar-refractivity contribution in [3.63, 3.8) is 0 Å². The number of hydrogen-bond donors (Lipinski definition) is 1. The molecule has 0 saturated heterocycles. The SMILES string of the molecule is C[C@@H](C(=O)NC1CCCC1)[S@](=O)Cc1cccc(Cl)c1. The van der Waals surface area contributed by atoms with Gasteiger partial charge in [-0.3, -0.25) is 9.00 Å². The molecule has 20 heavy (non-hydrogen) atoms. The van der Waals surface area contributed by atoms with Crippen LogP contribution in [-0.2, 0) is 21.3 Å². The number of carbonyl (C=O) groups excluding carboxylic acids is 1. The quantitative estimate of drug-likeness (QED) is 0.908. The Labute approximate surface area is 127 Å². The van der Waals surface area contributed by atoms with Crippen molar-refractivity contribution in [2.24, 2.45) is 0 Å². The normalized spacial score (nSPS) is 18.7. The van der Waals surface area contributed by atoms with E-state index in [0.29, 0.717) is 10.8 Å². The van der Waals surface area contributed by atoms with Crippen molar-refractivity contribution >= 4 is 28.3 Å². The van der Waals surface area contributed by atoms with Crippen LogP contribution < -0.4 is 5.32 Å². The molecule has 1 amide bonds. The highest BCUT2D eigenvalue weighted by Gasteiger charge is 2.24. The molecule has 1 fully saturated rings. The predicted molar refractivity (Wildman–Crippen MR) is 83.2 cm³/mol. The first-order valence-corrected chi connectivity index (χ1v) is 8.74. The van der Waals surface area contributed by atoms with E-state index in [9.17, 15) is 9.00 Å². The van der Waals surface area contributed by atoms with Crippen LogP contribution in [0.5, 0.6) is 0 Å². The van der Waals surface area contributed by atoms with Gasteiger partial charge in [0.25, 0.3) is 0 Å². The first-order valence-electron chi connectivity index (χ1n) is 6.98. The van der Waals surface area contributed by atoms with E-state index in [1.54, 1.807) is 19.1 Å². The van der Waals surface area contributed by atoms with E-state index in [0.717, 1.165) is 18.4 Å². The summed E-state index contributed by atoms with van der Waals surface area (Å²) in [6.45, 7) is 1.73. The summed E-state index contributed by atoms with van der Waals surface area (Å²) in [5.74, 6) is 0.261. The highest BCUT2D eigenvalue weighted by atomic mass is 35.5. The third kappa shape index (κ3) is 4.32. The topological polar surface area (TPSA) is 46.2 Å². The lowest BCUT2D eigenvalue weighted by atomic mass is 10.2. The van der Waals surface area contributed by atoms with E-state index >= 15 is 0 Å². The van der Waals surface area contributed by atoms with Crippen LogP contribution in [0.25, 0.3) is 0 Å². The number of rotatable bonds is 5. The molecule has 0 heterocycles. The molecule has 2 atom stereocenters. The van der Waals surface area contributed by atoms with Crippen molar-refractivity contribution in [1.29, 1.82) is 0 Å². The Morgan fingerprint density at radius 1 is 1.45 bits per heavy atom. The van der Waals surface area contributed by atoms with Crippen molar-refractivity contribution in [2.45, 2.75) is 49.7 Å². The zero-order valence-electron chi connectivity index (χ0n) is 11.6. The van der Waals surface area contributed by atoms with Crippen molar-refractivity contribution in [1.82, 2.24) is 5.32 Å². The van der Waals surface area contributed by atoms with Crippen LogP contribution in [0.3, 0.4) is 0 Å². The second-order valence-corrected chi connectivity index (χ2v) is 7.48. The molecular weight excluding hydrogens is 294 g/mol. The maximum Gasteiger partial charge on any atom is 0.235 e. The van der Waals surface area contributed by atoms with Gasteiger partial charge in [-0.1, -0.05) is 36.6 Å². The minimum atomic E-state index is -1.22. The molecule has 0 aliphatic heterocycles. The highest BCUT2D eigenvalue weighted by Crippen LogP contribution is 2.18. The molecule has 1 aromatic rings. The molecule has 1 saturated carbocycles. The average molecular weight is 314 g/mol. The molecule has 0 spiro atoms. The summed E-state index contributed by atoms with van der Waals surface area (Å²) in [4.78, 5) is 12.1. The van der Waals surface area contributed by atoms with Crippen molar-refractivity contribution in [3.8, 4) is 0 Å². The molecule has 5 heteroatoms. The van der Waals surface area contributed by atoms with Gasteiger partial charge in [-0.2, -0.15) is 0 Å². The summed E-state index contributed by atoms with van der Waals surface area (Å²) < 4.78 is 12.2. The maximum atomic E-state index is 12.2. The van der Waals surface area contributed by atoms with Crippen LogP contribution in [0.4, 0.5) is 0 Å². The molecular formula is C15H20ClNO2S. The molecule has 1 N–H and O–H groups in total. The smallest absolute Gasteiger partial charge is 0.235 e. The molecule has 1 aliphatic rings. The lowest BCUT2D eigenvalue weighted by molar-refractivity contribution is -0.121. The van der Waals surface area contributed by atoms with E-state index < -0.39 is 16.0 Å². The summed E-state index contributed by atoms with van der Waals surface area (Å²) in [6.07, 6.45) is 4.43. The monoisotopic (exact) mass is 313 g/mol.